The van der Waals surface area contributed by atoms with Crippen molar-refractivity contribution >= 4 is 5.91 Å². The van der Waals surface area contributed by atoms with E-state index >= 15 is 0 Å². The molecule has 1 amide bonds. The number of hydrogen-bond donors (Lipinski definition) is 2. The highest BCUT2D eigenvalue weighted by Crippen LogP contribution is 2.17. The van der Waals surface area contributed by atoms with Crippen LogP contribution in [-0.2, 0) is 9.53 Å². The fraction of sp³-hybridized carbons (Fsp3) is 0.909. The van der Waals surface area contributed by atoms with E-state index in [1.54, 1.807) is 0 Å². The van der Waals surface area contributed by atoms with E-state index in [1.165, 1.54) is 0 Å². The summed E-state index contributed by atoms with van der Waals surface area (Å²) in [6.45, 7) is 7.65. The summed E-state index contributed by atoms with van der Waals surface area (Å²) in [5.74, 6) is 0.267. The van der Waals surface area contributed by atoms with E-state index in [2.05, 4.69) is 17.6 Å². The molecule has 0 aliphatic carbocycles. The normalized spacial score (nSPS) is 30.7. The van der Waals surface area contributed by atoms with Crippen molar-refractivity contribution in [1.29, 1.82) is 0 Å². The summed E-state index contributed by atoms with van der Waals surface area (Å²) in [6.07, 6.45) is 0. The fourth-order valence-electron chi connectivity index (χ4n) is 2.38. The van der Waals surface area contributed by atoms with E-state index in [0.717, 1.165) is 32.7 Å². The molecule has 2 aliphatic heterocycles. The molecular weight excluding hydrogens is 206 g/mol. The number of ether oxygens (including phenoxy) is 1. The largest absolute Gasteiger partial charge is 0.379 e. The Morgan fingerprint density at radius 2 is 2.19 bits per heavy atom. The summed E-state index contributed by atoms with van der Waals surface area (Å²) in [5.41, 5.74) is 0. The summed E-state index contributed by atoms with van der Waals surface area (Å²) >= 11 is 0. The second-order valence-corrected chi connectivity index (χ2v) is 4.38. The maximum atomic E-state index is 12.3. The van der Waals surface area contributed by atoms with Gasteiger partial charge in [0.2, 0.25) is 5.91 Å². The van der Waals surface area contributed by atoms with Crippen LogP contribution in [0.15, 0.2) is 0 Å². The molecular formula is C11H21N3O2. The van der Waals surface area contributed by atoms with Gasteiger partial charge in [-0.2, -0.15) is 0 Å². The van der Waals surface area contributed by atoms with Crippen LogP contribution in [0.2, 0.25) is 0 Å². The average molecular weight is 227 g/mol. The minimum Gasteiger partial charge on any atom is -0.379 e. The summed E-state index contributed by atoms with van der Waals surface area (Å²) in [6, 6.07) is 0.201. The first-order valence-electron chi connectivity index (χ1n) is 6.13. The van der Waals surface area contributed by atoms with E-state index in [0.29, 0.717) is 13.2 Å². The van der Waals surface area contributed by atoms with Gasteiger partial charge >= 0.3 is 0 Å². The number of hydrogen-bond acceptors (Lipinski definition) is 4. The molecule has 0 aromatic heterocycles. The minimum atomic E-state index is 0.0121. The Labute approximate surface area is 96.5 Å². The highest BCUT2D eigenvalue weighted by Gasteiger charge is 2.36. The molecule has 0 saturated carbocycles. The molecule has 2 unspecified atom stereocenters. The number of rotatable bonds is 3. The van der Waals surface area contributed by atoms with Crippen LogP contribution in [0.1, 0.15) is 6.92 Å². The number of likely N-dealkylation sites (N-methyl/N-ethyl adjacent to an activating group) is 1. The van der Waals surface area contributed by atoms with Crippen LogP contribution in [0, 0.1) is 5.92 Å². The number of carbonyl (C=O) groups excluding carboxylic acids is 1. The Balaban J connectivity index is 1.91. The van der Waals surface area contributed by atoms with Crippen molar-refractivity contribution in [3.63, 3.8) is 0 Å². The van der Waals surface area contributed by atoms with Crippen molar-refractivity contribution in [3.05, 3.63) is 0 Å². The molecule has 0 bridgehead atoms. The van der Waals surface area contributed by atoms with Crippen LogP contribution in [-0.4, -0.2) is 62.8 Å². The van der Waals surface area contributed by atoms with E-state index < -0.39 is 0 Å². The molecule has 2 atom stereocenters. The van der Waals surface area contributed by atoms with Gasteiger partial charge in [-0.25, -0.2) is 0 Å². The molecule has 16 heavy (non-hydrogen) atoms. The molecule has 2 fully saturated rings. The van der Waals surface area contributed by atoms with Gasteiger partial charge < -0.3 is 20.3 Å². The second kappa shape index (κ2) is 5.61. The molecule has 2 heterocycles. The van der Waals surface area contributed by atoms with E-state index in [-0.39, 0.29) is 17.9 Å². The minimum absolute atomic E-state index is 0.0121. The Morgan fingerprint density at radius 1 is 1.44 bits per heavy atom. The molecule has 2 N–H and O–H groups in total. The van der Waals surface area contributed by atoms with Crippen molar-refractivity contribution in [1.82, 2.24) is 15.5 Å². The third-order valence-electron chi connectivity index (χ3n) is 3.29. The summed E-state index contributed by atoms with van der Waals surface area (Å²) in [4.78, 5) is 14.2. The second-order valence-electron chi connectivity index (χ2n) is 4.38. The lowest BCUT2D eigenvalue weighted by molar-refractivity contribution is -0.136. The fourth-order valence-corrected chi connectivity index (χ4v) is 2.38. The smallest absolute Gasteiger partial charge is 0.229 e. The molecule has 0 aromatic carbocycles. The van der Waals surface area contributed by atoms with Gasteiger partial charge in [-0.1, -0.05) is 6.92 Å². The third-order valence-corrected chi connectivity index (χ3v) is 3.29. The lowest BCUT2D eigenvalue weighted by atomic mass is 10.0. The molecule has 92 valence electrons. The standard InChI is InChI=1S/C11H21N3O2/c1-2-13-10-8-16-7-9(10)11(15)14-5-3-12-4-6-14/h9-10,12-13H,2-8H2,1H3. The lowest BCUT2D eigenvalue weighted by Gasteiger charge is -2.31. The van der Waals surface area contributed by atoms with Crippen LogP contribution in [0.5, 0.6) is 0 Å². The molecule has 2 aliphatic rings. The zero-order valence-electron chi connectivity index (χ0n) is 9.87. The van der Waals surface area contributed by atoms with Crippen LogP contribution < -0.4 is 10.6 Å². The van der Waals surface area contributed by atoms with Crippen molar-refractivity contribution in [2.24, 2.45) is 5.92 Å². The van der Waals surface area contributed by atoms with E-state index in [9.17, 15) is 4.79 Å². The number of piperazine rings is 1. The van der Waals surface area contributed by atoms with Gasteiger partial charge in [0, 0.05) is 32.2 Å². The van der Waals surface area contributed by atoms with Crippen LogP contribution in [0.25, 0.3) is 0 Å². The highest BCUT2D eigenvalue weighted by molar-refractivity contribution is 5.80. The molecule has 0 aromatic rings. The van der Waals surface area contributed by atoms with Crippen molar-refractivity contribution in [2.45, 2.75) is 13.0 Å². The quantitative estimate of drug-likeness (QED) is 0.652. The van der Waals surface area contributed by atoms with Crippen molar-refractivity contribution in [2.75, 3.05) is 45.9 Å². The molecule has 0 spiro atoms. The average Bonchev–Trinajstić information content (AvgIpc) is 2.78. The number of carbonyl (C=O) groups is 1. The molecule has 2 rings (SSSR count). The van der Waals surface area contributed by atoms with Gasteiger partial charge in [0.1, 0.15) is 0 Å². The van der Waals surface area contributed by atoms with E-state index in [4.69, 9.17) is 4.74 Å². The third kappa shape index (κ3) is 2.53. The number of nitrogens with one attached hydrogen (secondary N) is 2. The van der Waals surface area contributed by atoms with Crippen molar-refractivity contribution in [3.8, 4) is 0 Å². The maximum absolute atomic E-state index is 12.3. The Bertz CT molecular complexity index is 241. The maximum Gasteiger partial charge on any atom is 0.229 e. The molecule has 2 saturated heterocycles. The summed E-state index contributed by atoms with van der Waals surface area (Å²) in [7, 11) is 0. The van der Waals surface area contributed by atoms with Gasteiger partial charge in [0.25, 0.3) is 0 Å². The Kier molecular flexibility index (Phi) is 4.15. The molecule has 5 heteroatoms. The summed E-state index contributed by atoms with van der Waals surface area (Å²) in [5, 5.41) is 6.58. The predicted octanol–water partition coefficient (Wildman–Crippen LogP) is -0.957. The first-order valence-corrected chi connectivity index (χ1v) is 6.13. The van der Waals surface area contributed by atoms with Gasteiger partial charge in [-0.15, -0.1) is 0 Å². The SMILES string of the molecule is CCNC1COCC1C(=O)N1CCNCC1. The Morgan fingerprint density at radius 3 is 2.88 bits per heavy atom. The summed E-state index contributed by atoms with van der Waals surface area (Å²) < 4.78 is 5.41. The first kappa shape index (κ1) is 11.8. The predicted molar refractivity (Wildman–Crippen MR) is 61.2 cm³/mol. The van der Waals surface area contributed by atoms with Crippen LogP contribution >= 0.6 is 0 Å². The number of amides is 1. The zero-order chi connectivity index (χ0) is 11.4. The van der Waals surface area contributed by atoms with Crippen molar-refractivity contribution < 1.29 is 9.53 Å². The molecule has 5 nitrogen and oxygen atoms in total. The van der Waals surface area contributed by atoms with Gasteiger partial charge in [-0.05, 0) is 6.54 Å². The van der Waals surface area contributed by atoms with Crippen LogP contribution in [0.4, 0.5) is 0 Å². The van der Waals surface area contributed by atoms with Gasteiger partial charge in [-0.3, -0.25) is 4.79 Å². The Hall–Kier alpha value is -0.650. The van der Waals surface area contributed by atoms with E-state index in [1.807, 2.05) is 4.90 Å². The number of nitrogens with zero attached hydrogens (tertiary/aromatic N) is 1. The first-order chi connectivity index (χ1) is 7.83. The topological polar surface area (TPSA) is 53.6 Å². The lowest BCUT2D eigenvalue weighted by Crippen LogP contribution is -2.52. The highest BCUT2D eigenvalue weighted by atomic mass is 16.5. The van der Waals surface area contributed by atoms with Crippen LogP contribution in [0.3, 0.4) is 0 Å². The molecule has 0 radical (unpaired) electrons. The zero-order valence-corrected chi connectivity index (χ0v) is 9.87. The monoisotopic (exact) mass is 227 g/mol. The van der Waals surface area contributed by atoms with Gasteiger partial charge in [0.05, 0.1) is 19.1 Å². The van der Waals surface area contributed by atoms with Gasteiger partial charge in [0.15, 0.2) is 0 Å².